The molecule has 0 bridgehead atoms. The van der Waals surface area contributed by atoms with Gasteiger partial charge < -0.3 is 25.9 Å². The highest BCUT2D eigenvalue weighted by Gasteiger charge is 2.44. The van der Waals surface area contributed by atoms with Crippen LogP contribution in [-0.2, 0) is 4.74 Å². The standard InChI is InChI=1S/C8H12N4O5/c9-3-1-2-12(8(15)10-3)7-5(14)4(13)6(11-16)17-7/h1-2,4-7,11,13-14,16H,(H2,9,10,15)/t4?,5-,6+,7?/m1/s1. The average Bonchev–Trinajstić information content (AvgIpc) is 2.57. The number of aliphatic hydroxyl groups excluding tert-OH is 2. The number of nitrogens with one attached hydrogen (secondary N) is 1. The van der Waals surface area contributed by atoms with Crippen LogP contribution in [-0.4, -0.2) is 43.4 Å². The lowest BCUT2D eigenvalue weighted by Crippen LogP contribution is -2.39. The maximum Gasteiger partial charge on any atom is 0.351 e. The summed E-state index contributed by atoms with van der Waals surface area (Å²) in [7, 11) is 0. The van der Waals surface area contributed by atoms with Crippen molar-refractivity contribution in [1.82, 2.24) is 15.0 Å². The molecule has 0 aromatic carbocycles. The molecule has 1 aromatic heterocycles. The highest BCUT2D eigenvalue weighted by Crippen LogP contribution is 2.26. The third-order valence-electron chi connectivity index (χ3n) is 2.49. The van der Waals surface area contributed by atoms with E-state index in [9.17, 15) is 15.0 Å². The lowest BCUT2D eigenvalue weighted by molar-refractivity contribution is -0.0973. The van der Waals surface area contributed by atoms with Gasteiger partial charge in [-0.3, -0.25) is 4.57 Å². The normalized spacial score (nSPS) is 32.9. The van der Waals surface area contributed by atoms with Crippen LogP contribution in [0.5, 0.6) is 0 Å². The van der Waals surface area contributed by atoms with Crippen LogP contribution in [0.4, 0.5) is 5.82 Å². The summed E-state index contributed by atoms with van der Waals surface area (Å²) in [4.78, 5) is 14.9. The van der Waals surface area contributed by atoms with Crippen molar-refractivity contribution < 1.29 is 20.2 Å². The van der Waals surface area contributed by atoms with E-state index in [1.54, 1.807) is 5.48 Å². The van der Waals surface area contributed by atoms with E-state index in [1.807, 2.05) is 0 Å². The minimum Gasteiger partial charge on any atom is -0.386 e. The molecule has 4 atom stereocenters. The van der Waals surface area contributed by atoms with Crippen LogP contribution in [0.3, 0.4) is 0 Å². The van der Waals surface area contributed by atoms with Gasteiger partial charge in [0.2, 0.25) is 0 Å². The largest absolute Gasteiger partial charge is 0.386 e. The van der Waals surface area contributed by atoms with Gasteiger partial charge in [0.15, 0.2) is 12.5 Å². The second-order valence-corrected chi connectivity index (χ2v) is 3.60. The van der Waals surface area contributed by atoms with Crippen LogP contribution in [0.25, 0.3) is 0 Å². The van der Waals surface area contributed by atoms with Gasteiger partial charge in [-0.1, -0.05) is 0 Å². The summed E-state index contributed by atoms with van der Waals surface area (Å²) in [5.41, 5.74) is 6.27. The van der Waals surface area contributed by atoms with Crippen molar-refractivity contribution in [1.29, 1.82) is 0 Å². The van der Waals surface area contributed by atoms with Gasteiger partial charge in [0.1, 0.15) is 18.0 Å². The van der Waals surface area contributed by atoms with Gasteiger partial charge in [-0.05, 0) is 6.07 Å². The van der Waals surface area contributed by atoms with E-state index in [4.69, 9.17) is 15.7 Å². The topological polar surface area (TPSA) is 143 Å². The molecule has 1 aromatic rings. The number of nitrogens with zero attached hydrogens (tertiary/aromatic N) is 2. The molecule has 9 nitrogen and oxygen atoms in total. The number of rotatable bonds is 2. The van der Waals surface area contributed by atoms with Crippen LogP contribution >= 0.6 is 0 Å². The molecule has 9 heteroatoms. The number of hydroxylamine groups is 1. The van der Waals surface area contributed by atoms with E-state index in [0.29, 0.717) is 0 Å². The maximum absolute atomic E-state index is 11.5. The SMILES string of the molecule is Nc1ccn(C2O[C@H](NO)C(O)[C@H]2O)c(=O)n1. The van der Waals surface area contributed by atoms with Crippen molar-refractivity contribution in [3.05, 3.63) is 22.7 Å². The lowest BCUT2D eigenvalue weighted by Gasteiger charge is -2.16. The van der Waals surface area contributed by atoms with Gasteiger partial charge in [-0.25, -0.2) is 4.79 Å². The van der Waals surface area contributed by atoms with Gasteiger partial charge in [-0.2, -0.15) is 10.5 Å². The zero-order valence-electron chi connectivity index (χ0n) is 8.59. The monoisotopic (exact) mass is 244 g/mol. The number of nitrogen functional groups attached to an aromatic ring is 1. The summed E-state index contributed by atoms with van der Waals surface area (Å²) in [5.74, 6) is 0.0381. The molecule has 0 aliphatic carbocycles. The van der Waals surface area contributed by atoms with E-state index in [1.165, 1.54) is 12.3 Å². The molecule has 0 saturated carbocycles. The number of aromatic nitrogens is 2. The van der Waals surface area contributed by atoms with Gasteiger partial charge in [0, 0.05) is 6.20 Å². The zero-order valence-corrected chi connectivity index (χ0v) is 8.59. The van der Waals surface area contributed by atoms with Gasteiger partial charge in [0.25, 0.3) is 0 Å². The summed E-state index contributed by atoms with van der Waals surface area (Å²) in [6.07, 6.45) is -3.78. The van der Waals surface area contributed by atoms with Crippen molar-refractivity contribution in [2.75, 3.05) is 5.73 Å². The minimum atomic E-state index is -1.37. The fraction of sp³-hybridized carbons (Fsp3) is 0.500. The van der Waals surface area contributed by atoms with Crippen LogP contribution < -0.4 is 16.9 Å². The second-order valence-electron chi connectivity index (χ2n) is 3.60. The van der Waals surface area contributed by atoms with Gasteiger partial charge in [-0.15, -0.1) is 0 Å². The summed E-state index contributed by atoms with van der Waals surface area (Å²) < 4.78 is 6.04. The Kier molecular flexibility index (Phi) is 3.09. The van der Waals surface area contributed by atoms with Crippen molar-refractivity contribution in [2.24, 2.45) is 0 Å². The summed E-state index contributed by atoms with van der Waals surface area (Å²) in [6, 6.07) is 1.35. The Hall–Kier alpha value is -1.52. The molecule has 2 heterocycles. The molecule has 2 unspecified atom stereocenters. The van der Waals surface area contributed by atoms with E-state index in [-0.39, 0.29) is 5.82 Å². The number of hydrogen-bond donors (Lipinski definition) is 5. The van der Waals surface area contributed by atoms with E-state index in [0.717, 1.165) is 4.57 Å². The number of hydrogen-bond acceptors (Lipinski definition) is 8. The van der Waals surface area contributed by atoms with Gasteiger partial charge >= 0.3 is 5.69 Å². The molecule has 2 rings (SSSR count). The summed E-state index contributed by atoms with van der Waals surface area (Å²) in [6.45, 7) is 0. The Labute approximate surface area is 95.0 Å². The highest BCUT2D eigenvalue weighted by atomic mass is 16.6. The first-order chi connectivity index (χ1) is 8.04. The smallest absolute Gasteiger partial charge is 0.351 e. The van der Waals surface area contributed by atoms with Gasteiger partial charge in [0.05, 0.1) is 0 Å². The van der Waals surface area contributed by atoms with Crippen molar-refractivity contribution in [3.63, 3.8) is 0 Å². The first-order valence-electron chi connectivity index (χ1n) is 4.80. The Morgan fingerprint density at radius 2 is 2.18 bits per heavy atom. The molecule has 1 aliphatic rings. The summed E-state index contributed by atoms with van der Waals surface area (Å²) in [5, 5.41) is 27.8. The number of nitrogens with two attached hydrogens (primary N) is 1. The Balaban J connectivity index is 2.32. The molecular weight excluding hydrogens is 232 g/mol. The van der Waals surface area contributed by atoms with Crippen molar-refractivity contribution in [2.45, 2.75) is 24.7 Å². The number of anilines is 1. The first-order valence-corrected chi connectivity index (χ1v) is 4.80. The second kappa shape index (κ2) is 4.39. The Morgan fingerprint density at radius 1 is 1.47 bits per heavy atom. The number of aliphatic hydroxyl groups is 2. The van der Waals surface area contributed by atoms with Crippen molar-refractivity contribution >= 4 is 5.82 Å². The third-order valence-corrected chi connectivity index (χ3v) is 2.49. The summed E-state index contributed by atoms with van der Waals surface area (Å²) >= 11 is 0. The fourth-order valence-corrected chi connectivity index (χ4v) is 1.62. The third kappa shape index (κ3) is 2.01. The molecule has 1 fully saturated rings. The molecule has 17 heavy (non-hydrogen) atoms. The molecule has 0 amide bonds. The van der Waals surface area contributed by atoms with E-state index >= 15 is 0 Å². The fourth-order valence-electron chi connectivity index (χ4n) is 1.62. The predicted molar refractivity (Wildman–Crippen MR) is 53.8 cm³/mol. The molecular formula is C8H12N4O5. The quantitative estimate of drug-likeness (QED) is 0.356. The zero-order chi connectivity index (χ0) is 12.6. The van der Waals surface area contributed by atoms with Crippen LogP contribution in [0.1, 0.15) is 6.23 Å². The lowest BCUT2D eigenvalue weighted by atomic mass is 10.2. The van der Waals surface area contributed by atoms with E-state index < -0.39 is 30.4 Å². The van der Waals surface area contributed by atoms with E-state index in [2.05, 4.69) is 4.98 Å². The molecule has 6 N–H and O–H groups in total. The minimum absolute atomic E-state index is 0.0381. The molecule has 94 valence electrons. The Bertz CT molecular complexity index is 463. The molecule has 0 spiro atoms. The van der Waals surface area contributed by atoms with Crippen molar-refractivity contribution in [3.8, 4) is 0 Å². The highest BCUT2D eigenvalue weighted by molar-refractivity contribution is 5.23. The molecule has 1 aliphatic heterocycles. The Morgan fingerprint density at radius 3 is 2.71 bits per heavy atom. The van der Waals surface area contributed by atoms with Crippen LogP contribution in [0.15, 0.2) is 17.1 Å². The first kappa shape index (κ1) is 12.0. The maximum atomic E-state index is 11.5. The van der Waals surface area contributed by atoms with Crippen LogP contribution in [0.2, 0.25) is 0 Å². The molecule has 1 saturated heterocycles. The predicted octanol–water partition coefficient (Wildman–Crippen LogP) is -2.62. The number of ether oxygens (including phenoxy) is 1. The molecule has 0 radical (unpaired) electrons. The average molecular weight is 244 g/mol. The van der Waals surface area contributed by atoms with Crippen LogP contribution in [0, 0.1) is 0 Å².